The van der Waals surface area contributed by atoms with Crippen LogP contribution in [-0.2, 0) is 42.6 Å². The number of rotatable bonds is 15. The Morgan fingerprint density at radius 2 is 0.534 bits per heavy atom. The lowest BCUT2D eigenvalue weighted by molar-refractivity contribution is -0.332. The molecular weight excluding hydrogens is 1350 g/mol. The SMILES string of the molecule is OCCC1OC(O)/C(O)=C(\O)C(CCCl)OC(O)/C(O)=C(/O)C(CCCl)OC(O)/C(O)=C(\O)C(CCCl)OC(O)/C(O)=C(\O)C(CCCl)OC(O)C(O)C(O)C(CCCl)OC(O)C(O)C(O)C(CCCl)OC2OC(CCl)C(OC(O)/C(O)=C/1O)C(O)C2O. The zero-order chi connectivity index (χ0) is 67.0. The maximum Gasteiger partial charge on any atom is 0.218 e. The van der Waals surface area contributed by atoms with Crippen molar-refractivity contribution in [1.29, 1.82) is 0 Å². The Morgan fingerprint density at radius 3 is 0.841 bits per heavy atom. The van der Waals surface area contributed by atoms with Gasteiger partial charge in [0, 0.05) is 48.3 Å². The zero-order valence-corrected chi connectivity index (χ0v) is 51.2. The van der Waals surface area contributed by atoms with Gasteiger partial charge >= 0.3 is 0 Å². The summed E-state index contributed by atoms with van der Waals surface area (Å²) >= 11 is 41.2. The summed E-state index contributed by atoms with van der Waals surface area (Å²) in [6, 6.07) is 0. The van der Waals surface area contributed by atoms with E-state index in [0.29, 0.717) is 0 Å². The van der Waals surface area contributed by atoms with Crippen LogP contribution in [0.15, 0.2) is 57.6 Å². The molecule has 0 saturated carbocycles. The van der Waals surface area contributed by atoms with Crippen LogP contribution in [0, 0.1) is 0 Å². The summed E-state index contributed by atoms with van der Waals surface area (Å²) < 4.78 is 47.8. The smallest absolute Gasteiger partial charge is 0.218 e. The summed E-state index contributed by atoms with van der Waals surface area (Å²) in [5.41, 5.74) is 0. The zero-order valence-electron chi connectivity index (χ0n) is 45.9. The third kappa shape index (κ3) is 23.4. The van der Waals surface area contributed by atoms with E-state index in [0.717, 1.165) is 0 Å². The fraction of sp³-hybridized carbons (Fsp3) is 0.792. The number of ether oxygens (including phenoxy) is 9. The molecule has 1 fully saturated rings. The van der Waals surface area contributed by atoms with Crippen molar-refractivity contribution in [3.8, 4) is 0 Å². The molecule has 516 valence electrons. The van der Waals surface area contributed by atoms with Crippen LogP contribution in [0.3, 0.4) is 0 Å². The quantitative estimate of drug-likeness (QED) is 0.0896. The normalized spacial score (nSPS) is 41.9. The van der Waals surface area contributed by atoms with E-state index in [2.05, 4.69) is 0 Å². The minimum Gasteiger partial charge on any atom is -0.506 e. The van der Waals surface area contributed by atoms with Crippen LogP contribution < -0.4 is 0 Å². The molecule has 0 aromatic carbocycles. The fourth-order valence-corrected chi connectivity index (χ4v) is 9.50. The van der Waals surface area contributed by atoms with Gasteiger partial charge in [-0.25, -0.2) is 0 Å². The van der Waals surface area contributed by atoms with Gasteiger partial charge in [0.05, 0.1) is 18.1 Å². The van der Waals surface area contributed by atoms with E-state index in [1.165, 1.54) is 0 Å². The average molecular weight is 1430 g/mol. The molecule has 23 atom stereocenters. The van der Waals surface area contributed by atoms with Gasteiger partial charge in [0.25, 0.3) is 0 Å². The minimum absolute atomic E-state index is 0.394. The lowest BCUT2D eigenvalue weighted by Crippen LogP contribution is -2.61. The highest BCUT2D eigenvalue weighted by Crippen LogP contribution is 2.32. The molecule has 40 heteroatoms. The Hall–Kier alpha value is -2.19. The lowest BCUT2D eigenvalue weighted by atomic mass is 9.98. The first-order chi connectivity index (χ1) is 41.4. The number of hydrogen-bond donors (Lipinski definition) is 24. The second kappa shape index (κ2) is 40.8. The molecule has 33 nitrogen and oxygen atoms in total. The van der Waals surface area contributed by atoms with Crippen molar-refractivity contribution in [3.63, 3.8) is 0 Å². The molecule has 0 spiro atoms. The van der Waals surface area contributed by atoms with Gasteiger partial charge in [-0.2, -0.15) is 0 Å². The van der Waals surface area contributed by atoms with E-state index in [1.54, 1.807) is 0 Å². The summed E-state index contributed by atoms with van der Waals surface area (Å²) in [6.07, 6.45) is -57.4. The second-order valence-electron chi connectivity index (χ2n) is 19.0. The third-order valence-electron chi connectivity index (χ3n) is 12.9. The summed E-state index contributed by atoms with van der Waals surface area (Å²) in [5.74, 6) is -18.6. The average Bonchev–Trinajstić information content (AvgIpc) is 1.09. The second-order valence-corrected chi connectivity index (χ2v) is 21.6. The third-order valence-corrected chi connectivity index (χ3v) is 14.5. The first-order valence-corrected chi connectivity index (χ1v) is 30.0. The van der Waals surface area contributed by atoms with Gasteiger partial charge in [0.15, 0.2) is 76.5 Å². The van der Waals surface area contributed by atoms with E-state index in [9.17, 15) is 123 Å². The van der Waals surface area contributed by atoms with Crippen molar-refractivity contribution >= 4 is 81.2 Å². The Kier molecular flexibility index (Phi) is 38.0. The Labute approximate surface area is 536 Å². The molecule has 24 N–H and O–H groups in total. The molecule has 88 heavy (non-hydrogen) atoms. The van der Waals surface area contributed by atoms with E-state index in [-0.39, 0.29) is 0 Å². The summed E-state index contributed by atoms with van der Waals surface area (Å²) in [5, 5.41) is 262. The van der Waals surface area contributed by atoms with E-state index in [4.69, 9.17) is 124 Å². The van der Waals surface area contributed by atoms with Crippen molar-refractivity contribution in [3.05, 3.63) is 57.6 Å². The standard InChI is InChI=1S/C48H77Cl7O33/c49-8-1-16-24(57)32(65)42(74)81-18(3-10-51)26(59)34(67)44(76)83-20(5-12-53)28(61)36(69)46(78)85-22(7-14-56)30(63)38(71)47(79)88-40-23(15-55)87-48(39(72)31(40)64)86-21(6-13-54)29(62)37(70)45(77)84-19(4-11-52)27(60)35(68)43(75)82-17(2-9-50)25(58)33(66)41(73)80-16/h16-23,27,29,31,35,37,39-48,56-79H,1-15H2/b32-24+,33-25+,34-26-,36-28+,38-30+. The molecule has 0 aromatic rings. The topological polar surface area (TPSA) is 569 Å². The van der Waals surface area contributed by atoms with Crippen LogP contribution in [0.5, 0.6) is 0 Å². The molecule has 3 heterocycles. The molecule has 3 rings (SSSR count). The van der Waals surface area contributed by atoms with Crippen molar-refractivity contribution in [1.82, 2.24) is 0 Å². The van der Waals surface area contributed by atoms with Gasteiger partial charge in [-0.1, -0.05) is 0 Å². The summed E-state index contributed by atoms with van der Waals surface area (Å²) in [4.78, 5) is 0. The van der Waals surface area contributed by atoms with E-state index in [1.807, 2.05) is 0 Å². The number of aliphatic hydroxyl groups excluding tert-OH is 24. The van der Waals surface area contributed by atoms with Crippen LogP contribution in [0.4, 0.5) is 0 Å². The van der Waals surface area contributed by atoms with Gasteiger partial charge in [-0.05, 0) is 38.5 Å². The highest BCUT2D eigenvalue weighted by molar-refractivity contribution is 6.19. The van der Waals surface area contributed by atoms with E-state index >= 15 is 0 Å². The molecule has 3 aliphatic heterocycles. The van der Waals surface area contributed by atoms with Crippen LogP contribution in [-0.4, -0.2) is 312 Å². The minimum atomic E-state index is -2.81. The molecule has 2 bridgehead atoms. The molecule has 23 unspecified atom stereocenters. The first-order valence-electron chi connectivity index (χ1n) is 26.3. The van der Waals surface area contributed by atoms with Crippen LogP contribution >= 0.6 is 81.2 Å². The van der Waals surface area contributed by atoms with Crippen molar-refractivity contribution in [2.45, 2.75) is 187 Å². The number of alkyl halides is 7. The highest BCUT2D eigenvalue weighted by atomic mass is 35.5. The van der Waals surface area contributed by atoms with Gasteiger partial charge in [-0.15, -0.1) is 81.2 Å². The van der Waals surface area contributed by atoms with Gasteiger partial charge in [0.2, 0.25) is 31.5 Å². The molecule has 0 amide bonds. The van der Waals surface area contributed by atoms with Crippen molar-refractivity contribution < 1.29 is 165 Å². The van der Waals surface area contributed by atoms with Crippen molar-refractivity contribution in [2.75, 3.05) is 47.8 Å². The molecule has 1 saturated heterocycles. The van der Waals surface area contributed by atoms with Crippen LogP contribution in [0.25, 0.3) is 0 Å². The maximum absolute atomic E-state index is 11.3. The van der Waals surface area contributed by atoms with Gasteiger partial charge in [-0.3, -0.25) is 0 Å². The summed E-state index contributed by atoms with van der Waals surface area (Å²) in [6.45, 7) is -0.953. The molecule has 0 aliphatic carbocycles. The molecule has 0 aromatic heterocycles. The maximum atomic E-state index is 11.3. The highest BCUT2D eigenvalue weighted by Gasteiger charge is 2.49. The largest absolute Gasteiger partial charge is 0.506 e. The lowest BCUT2D eigenvalue weighted by Gasteiger charge is -2.44. The molecule has 0 radical (unpaired) electrons. The van der Waals surface area contributed by atoms with Gasteiger partial charge in [0.1, 0.15) is 79.4 Å². The predicted molar refractivity (Wildman–Crippen MR) is 302 cm³/mol. The first kappa shape index (κ1) is 81.9. The predicted octanol–water partition coefficient (Wildman–Crippen LogP) is -0.767. The molecule has 3 aliphatic rings. The fourth-order valence-electron chi connectivity index (χ4n) is 8.03. The van der Waals surface area contributed by atoms with Crippen LogP contribution in [0.2, 0.25) is 0 Å². The number of fused-ring (bicyclic) bond motifs is 32. The number of halogens is 7. The Morgan fingerprint density at radius 1 is 0.261 bits per heavy atom. The number of aliphatic hydroxyl groups is 24. The van der Waals surface area contributed by atoms with Crippen molar-refractivity contribution in [2.24, 2.45) is 0 Å². The van der Waals surface area contributed by atoms with Crippen LogP contribution in [0.1, 0.15) is 44.9 Å². The summed E-state index contributed by atoms with van der Waals surface area (Å²) in [7, 11) is 0. The monoisotopic (exact) mass is 1430 g/mol. The van der Waals surface area contributed by atoms with E-state index < -0.39 is 292 Å². The molecular formula is C48H77Cl7O33. The Balaban J connectivity index is 2.84. The van der Waals surface area contributed by atoms with Gasteiger partial charge < -0.3 is 165 Å². The Bertz CT molecular complexity index is 2210. The number of hydrogen-bond acceptors (Lipinski definition) is 33.